The number of fused-ring (bicyclic) bond motifs is 1. The molecule has 0 saturated carbocycles. The molecule has 1 fully saturated rings. The average Bonchev–Trinajstić information content (AvgIpc) is 3.14. The summed E-state index contributed by atoms with van der Waals surface area (Å²) in [5, 5.41) is 1.18. The molecule has 1 aromatic carbocycles. The Morgan fingerprint density at radius 2 is 2.22 bits per heavy atom. The van der Waals surface area contributed by atoms with E-state index in [4.69, 9.17) is 4.98 Å². The van der Waals surface area contributed by atoms with Crippen LogP contribution in [-0.4, -0.2) is 27.6 Å². The van der Waals surface area contributed by atoms with E-state index in [0.29, 0.717) is 5.92 Å². The number of rotatable bonds is 3. The molecule has 5 heteroatoms. The Hall–Kier alpha value is -1.88. The average molecular weight is 326 g/mol. The largest absolute Gasteiger partial charge is 0.348 e. The summed E-state index contributed by atoms with van der Waals surface area (Å²) in [4.78, 5) is 11.7. The lowest BCUT2D eigenvalue weighted by molar-refractivity contribution is 0.363. The number of nitrogens with zero attached hydrogens (tertiary/aromatic N) is 4. The molecule has 0 bridgehead atoms. The molecule has 3 heterocycles. The van der Waals surface area contributed by atoms with E-state index in [-0.39, 0.29) is 0 Å². The van der Waals surface area contributed by atoms with Gasteiger partial charge in [-0.2, -0.15) is 0 Å². The molecule has 0 N–H and O–H groups in total. The predicted molar refractivity (Wildman–Crippen MR) is 96.3 cm³/mol. The molecule has 1 unspecified atom stereocenters. The molecular weight excluding hydrogens is 304 g/mol. The van der Waals surface area contributed by atoms with Gasteiger partial charge >= 0.3 is 0 Å². The molecule has 4 rings (SSSR count). The summed E-state index contributed by atoms with van der Waals surface area (Å²) in [7, 11) is 0. The van der Waals surface area contributed by atoms with Crippen molar-refractivity contribution < 1.29 is 0 Å². The second kappa shape index (κ2) is 5.96. The maximum atomic E-state index is 4.85. The highest BCUT2D eigenvalue weighted by Gasteiger charge is 2.23. The molecular formula is C18H22N4S. The number of hydrogen-bond acceptors (Lipinski definition) is 4. The summed E-state index contributed by atoms with van der Waals surface area (Å²) in [6.45, 7) is 7.50. The Balaban J connectivity index is 1.52. The summed E-state index contributed by atoms with van der Waals surface area (Å²) in [5.74, 6) is 1.78. The van der Waals surface area contributed by atoms with E-state index in [1.54, 1.807) is 0 Å². The van der Waals surface area contributed by atoms with Crippen molar-refractivity contribution in [3.8, 4) is 0 Å². The van der Waals surface area contributed by atoms with Crippen LogP contribution in [0.25, 0.3) is 10.2 Å². The van der Waals surface area contributed by atoms with Crippen LogP contribution in [0, 0.1) is 19.8 Å². The molecule has 0 radical (unpaired) electrons. The highest BCUT2D eigenvalue weighted by molar-refractivity contribution is 7.22. The Labute approximate surface area is 140 Å². The zero-order valence-electron chi connectivity index (χ0n) is 13.7. The van der Waals surface area contributed by atoms with Gasteiger partial charge in [-0.3, -0.25) is 0 Å². The minimum atomic E-state index is 0.672. The maximum Gasteiger partial charge on any atom is 0.186 e. The fourth-order valence-corrected chi connectivity index (χ4v) is 4.52. The molecule has 23 heavy (non-hydrogen) atoms. The van der Waals surface area contributed by atoms with Crippen LogP contribution < -0.4 is 4.90 Å². The Morgan fingerprint density at radius 3 is 3.04 bits per heavy atom. The van der Waals surface area contributed by atoms with Crippen LogP contribution in [0.3, 0.4) is 0 Å². The van der Waals surface area contributed by atoms with Crippen molar-refractivity contribution >= 4 is 26.7 Å². The molecule has 0 amide bonds. The summed E-state index contributed by atoms with van der Waals surface area (Å²) >= 11 is 1.83. The van der Waals surface area contributed by atoms with Crippen molar-refractivity contribution in [3.63, 3.8) is 0 Å². The van der Waals surface area contributed by atoms with Crippen molar-refractivity contribution in [2.24, 2.45) is 5.92 Å². The fourth-order valence-electron chi connectivity index (χ4n) is 3.42. The minimum Gasteiger partial charge on any atom is -0.348 e. The molecule has 1 saturated heterocycles. The number of thiazole rings is 1. The Bertz CT molecular complexity index is 819. The third-order valence-corrected chi connectivity index (χ3v) is 5.78. The Morgan fingerprint density at radius 1 is 1.30 bits per heavy atom. The third-order valence-electron chi connectivity index (χ3n) is 4.70. The molecule has 0 aliphatic carbocycles. The first-order valence-corrected chi connectivity index (χ1v) is 9.10. The number of aryl methyl sites for hydroxylation is 2. The molecule has 3 aromatic rings. The highest BCUT2D eigenvalue weighted by atomic mass is 32.1. The van der Waals surface area contributed by atoms with E-state index in [0.717, 1.165) is 31.0 Å². The van der Waals surface area contributed by atoms with Crippen molar-refractivity contribution in [3.05, 3.63) is 42.0 Å². The number of aromatic nitrogens is 3. The molecule has 1 aliphatic rings. The first-order valence-electron chi connectivity index (χ1n) is 8.29. The lowest BCUT2D eigenvalue weighted by Crippen LogP contribution is -2.37. The second-order valence-corrected chi connectivity index (χ2v) is 7.56. The van der Waals surface area contributed by atoms with E-state index >= 15 is 0 Å². The van der Waals surface area contributed by atoms with Gasteiger partial charge in [0, 0.05) is 32.0 Å². The molecule has 4 nitrogen and oxygen atoms in total. The quantitative estimate of drug-likeness (QED) is 0.729. The predicted octanol–water partition coefficient (Wildman–Crippen LogP) is 4.03. The number of anilines is 1. The summed E-state index contributed by atoms with van der Waals surface area (Å²) in [6.07, 6.45) is 6.52. The van der Waals surface area contributed by atoms with Gasteiger partial charge in [0.2, 0.25) is 0 Å². The first kappa shape index (κ1) is 14.7. The summed E-state index contributed by atoms with van der Waals surface area (Å²) in [5.41, 5.74) is 2.43. The van der Waals surface area contributed by atoms with E-state index in [2.05, 4.69) is 52.7 Å². The van der Waals surface area contributed by atoms with E-state index in [1.807, 2.05) is 17.5 Å². The SMILES string of the molecule is Cc1ccc2nc(N3CCCC(Cn4ccnc4C)C3)sc2c1. The maximum absolute atomic E-state index is 4.85. The van der Waals surface area contributed by atoms with Crippen LogP contribution in [0.15, 0.2) is 30.6 Å². The summed E-state index contributed by atoms with van der Waals surface area (Å²) < 4.78 is 3.57. The zero-order chi connectivity index (χ0) is 15.8. The van der Waals surface area contributed by atoms with Crippen LogP contribution in [-0.2, 0) is 6.54 Å². The number of benzene rings is 1. The highest BCUT2D eigenvalue weighted by Crippen LogP contribution is 2.32. The monoisotopic (exact) mass is 326 g/mol. The van der Waals surface area contributed by atoms with Crippen LogP contribution in [0.2, 0.25) is 0 Å². The number of imidazole rings is 1. The van der Waals surface area contributed by atoms with Gasteiger partial charge in [-0.05, 0) is 50.3 Å². The number of piperidine rings is 1. The van der Waals surface area contributed by atoms with Gasteiger partial charge in [0.05, 0.1) is 10.2 Å². The second-order valence-electron chi connectivity index (χ2n) is 6.55. The first-order chi connectivity index (χ1) is 11.2. The van der Waals surface area contributed by atoms with Crippen LogP contribution in [0.1, 0.15) is 24.2 Å². The molecule has 120 valence electrons. The normalized spacial score (nSPS) is 18.7. The van der Waals surface area contributed by atoms with Crippen LogP contribution in [0.5, 0.6) is 0 Å². The van der Waals surface area contributed by atoms with E-state index < -0.39 is 0 Å². The van der Waals surface area contributed by atoms with Crippen molar-refractivity contribution in [1.82, 2.24) is 14.5 Å². The standard InChI is InChI=1S/C18H22N4S/c1-13-5-6-16-17(10-13)23-18(20-16)22-8-3-4-15(12-22)11-21-9-7-19-14(21)2/h5-7,9-10,15H,3-4,8,11-12H2,1-2H3. The molecule has 1 aliphatic heterocycles. The lowest BCUT2D eigenvalue weighted by Gasteiger charge is -2.32. The third kappa shape index (κ3) is 2.98. The van der Waals surface area contributed by atoms with Gasteiger partial charge in [-0.15, -0.1) is 0 Å². The van der Waals surface area contributed by atoms with Crippen LogP contribution >= 0.6 is 11.3 Å². The minimum absolute atomic E-state index is 0.672. The smallest absolute Gasteiger partial charge is 0.186 e. The lowest BCUT2D eigenvalue weighted by atomic mass is 9.98. The van der Waals surface area contributed by atoms with Gasteiger partial charge in [0.1, 0.15) is 5.82 Å². The summed E-state index contributed by atoms with van der Waals surface area (Å²) in [6, 6.07) is 6.53. The molecule has 2 aromatic heterocycles. The van der Waals surface area contributed by atoms with Crippen molar-refractivity contribution in [2.45, 2.75) is 33.2 Å². The van der Waals surface area contributed by atoms with Gasteiger partial charge in [-0.25, -0.2) is 9.97 Å². The van der Waals surface area contributed by atoms with Crippen molar-refractivity contribution in [1.29, 1.82) is 0 Å². The fraction of sp³-hybridized carbons (Fsp3) is 0.444. The Kier molecular flexibility index (Phi) is 3.81. The van der Waals surface area contributed by atoms with Gasteiger partial charge in [-0.1, -0.05) is 17.4 Å². The van der Waals surface area contributed by atoms with Crippen molar-refractivity contribution in [2.75, 3.05) is 18.0 Å². The zero-order valence-corrected chi connectivity index (χ0v) is 14.5. The van der Waals surface area contributed by atoms with E-state index in [1.165, 1.54) is 28.2 Å². The van der Waals surface area contributed by atoms with Gasteiger partial charge in [0.15, 0.2) is 5.13 Å². The van der Waals surface area contributed by atoms with Gasteiger partial charge in [0.25, 0.3) is 0 Å². The number of hydrogen-bond donors (Lipinski definition) is 0. The molecule has 1 atom stereocenters. The van der Waals surface area contributed by atoms with Crippen LogP contribution in [0.4, 0.5) is 5.13 Å². The topological polar surface area (TPSA) is 34.0 Å². The van der Waals surface area contributed by atoms with E-state index in [9.17, 15) is 0 Å². The molecule has 0 spiro atoms. The van der Waals surface area contributed by atoms with Gasteiger partial charge < -0.3 is 9.47 Å².